The van der Waals surface area contributed by atoms with E-state index in [1.807, 2.05) is 24.3 Å². The Hall–Kier alpha value is -0.750. The van der Waals surface area contributed by atoms with Gasteiger partial charge < -0.3 is 20.4 Å². The lowest BCUT2D eigenvalue weighted by atomic mass is 10.0. The summed E-state index contributed by atoms with van der Waals surface area (Å²) in [6.07, 6.45) is -1.09. The molecule has 3 N–H and O–H groups in total. The summed E-state index contributed by atoms with van der Waals surface area (Å²) in [6, 6.07) is 7.81. The van der Waals surface area contributed by atoms with Crippen LogP contribution in [0.3, 0.4) is 0 Å². The van der Waals surface area contributed by atoms with E-state index >= 15 is 0 Å². The van der Waals surface area contributed by atoms with E-state index in [2.05, 4.69) is 22.8 Å². The normalized spacial score (nSPS) is 19.2. The van der Waals surface area contributed by atoms with E-state index in [1.54, 1.807) is 0 Å². The Balaban J connectivity index is 2.01. The van der Waals surface area contributed by atoms with Gasteiger partial charge in [-0.3, -0.25) is 0 Å². The lowest BCUT2D eigenvalue weighted by molar-refractivity contribution is 0.0172. The van der Waals surface area contributed by atoms with Gasteiger partial charge in [0.1, 0.15) is 6.10 Å². The van der Waals surface area contributed by atoms with E-state index in [-0.39, 0.29) is 0 Å². The second kappa shape index (κ2) is 7.14. The SMILES string of the molecule is OC(CCS)C(O)c1ccc(N2CCNCC2)cc1. The topological polar surface area (TPSA) is 55.7 Å². The molecule has 1 heterocycles. The number of hydrogen-bond donors (Lipinski definition) is 4. The molecule has 1 fully saturated rings. The minimum atomic E-state index is -0.829. The number of hydrogen-bond acceptors (Lipinski definition) is 5. The smallest absolute Gasteiger partial charge is 0.105 e. The van der Waals surface area contributed by atoms with Gasteiger partial charge in [0.05, 0.1) is 6.10 Å². The van der Waals surface area contributed by atoms with E-state index < -0.39 is 12.2 Å². The first kappa shape index (κ1) is 14.7. The van der Waals surface area contributed by atoms with Crippen molar-refractivity contribution in [2.75, 3.05) is 36.8 Å². The average molecular weight is 282 g/mol. The molecule has 0 spiro atoms. The molecule has 1 saturated heterocycles. The molecule has 0 aliphatic carbocycles. The largest absolute Gasteiger partial charge is 0.390 e. The molecule has 1 aromatic carbocycles. The van der Waals surface area contributed by atoms with Crippen molar-refractivity contribution in [2.24, 2.45) is 0 Å². The summed E-state index contributed by atoms with van der Waals surface area (Å²) in [6.45, 7) is 4.02. The van der Waals surface area contributed by atoms with Crippen LogP contribution in [0.5, 0.6) is 0 Å². The Kier molecular flexibility index (Phi) is 5.51. The van der Waals surface area contributed by atoms with Crippen LogP contribution < -0.4 is 10.2 Å². The fourth-order valence-corrected chi connectivity index (χ4v) is 2.58. The Morgan fingerprint density at radius 2 is 1.79 bits per heavy atom. The van der Waals surface area contributed by atoms with Crippen LogP contribution in [0.1, 0.15) is 18.1 Å². The molecule has 19 heavy (non-hydrogen) atoms. The molecule has 0 saturated carbocycles. The van der Waals surface area contributed by atoms with E-state index in [9.17, 15) is 10.2 Å². The third-order valence-corrected chi connectivity index (χ3v) is 3.76. The van der Waals surface area contributed by atoms with Crippen LogP contribution in [-0.4, -0.2) is 48.2 Å². The van der Waals surface area contributed by atoms with Gasteiger partial charge in [0, 0.05) is 31.9 Å². The first-order valence-corrected chi connectivity index (χ1v) is 7.38. The van der Waals surface area contributed by atoms with E-state index in [4.69, 9.17) is 0 Å². The average Bonchev–Trinajstić information content (AvgIpc) is 2.48. The zero-order valence-electron chi connectivity index (χ0n) is 11.0. The second-order valence-electron chi connectivity index (χ2n) is 4.85. The number of benzene rings is 1. The Morgan fingerprint density at radius 1 is 1.16 bits per heavy atom. The highest BCUT2D eigenvalue weighted by molar-refractivity contribution is 7.80. The monoisotopic (exact) mass is 282 g/mol. The van der Waals surface area contributed by atoms with Crippen LogP contribution in [-0.2, 0) is 0 Å². The van der Waals surface area contributed by atoms with Gasteiger partial charge in [-0.25, -0.2) is 0 Å². The van der Waals surface area contributed by atoms with Crippen LogP contribution in [0, 0.1) is 0 Å². The fraction of sp³-hybridized carbons (Fsp3) is 0.571. The van der Waals surface area contributed by atoms with Gasteiger partial charge in [0.2, 0.25) is 0 Å². The number of aliphatic hydroxyl groups excluding tert-OH is 2. The van der Waals surface area contributed by atoms with Crippen molar-refractivity contribution in [1.29, 1.82) is 0 Å². The fourth-order valence-electron chi connectivity index (χ4n) is 2.32. The number of anilines is 1. The van der Waals surface area contributed by atoms with Gasteiger partial charge in [-0.15, -0.1) is 0 Å². The van der Waals surface area contributed by atoms with Gasteiger partial charge in [0.15, 0.2) is 0 Å². The second-order valence-corrected chi connectivity index (χ2v) is 5.30. The molecular weight excluding hydrogens is 260 g/mol. The minimum absolute atomic E-state index is 0.490. The molecule has 5 heteroatoms. The van der Waals surface area contributed by atoms with Crippen molar-refractivity contribution in [3.63, 3.8) is 0 Å². The number of nitrogens with one attached hydrogen (secondary N) is 1. The summed E-state index contributed by atoms with van der Waals surface area (Å²) >= 11 is 4.07. The molecule has 0 radical (unpaired) electrons. The Morgan fingerprint density at radius 3 is 2.37 bits per heavy atom. The van der Waals surface area contributed by atoms with Crippen molar-refractivity contribution in [3.8, 4) is 0 Å². The van der Waals surface area contributed by atoms with Crippen LogP contribution in [0.4, 0.5) is 5.69 Å². The summed E-state index contributed by atoms with van der Waals surface area (Å²) in [4.78, 5) is 2.32. The Labute approximate surface area is 119 Å². The van der Waals surface area contributed by atoms with Crippen molar-refractivity contribution in [2.45, 2.75) is 18.6 Å². The van der Waals surface area contributed by atoms with Crippen molar-refractivity contribution in [3.05, 3.63) is 29.8 Å². The summed E-state index contributed by atoms with van der Waals surface area (Å²) in [5.41, 5.74) is 1.93. The highest BCUT2D eigenvalue weighted by Gasteiger charge is 2.18. The first-order valence-electron chi connectivity index (χ1n) is 6.75. The maximum atomic E-state index is 10.0. The van der Waals surface area contributed by atoms with E-state index in [0.29, 0.717) is 12.2 Å². The molecular formula is C14H22N2O2S. The number of aliphatic hydroxyl groups is 2. The molecule has 0 amide bonds. The highest BCUT2D eigenvalue weighted by atomic mass is 32.1. The zero-order valence-corrected chi connectivity index (χ0v) is 11.9. The quantitative estimate of drug-likeness (QED) is 0.604. The summed E-state index contributed by atoms with van der Waals surface area (Å²) in [5.74, 6) is 0.567. The van der Waals surface area contributed by atoms with Crippen molar-refractivity contribution in [1.82, 2.24) is 5.32 Å². The molecule has 1 aliphatic rings. The number of thiol groups is 1. The number of rotatable bonds is 5. The van der Waals surface area contributed by atoms with Crippen LogP contribution >= 0.6 is 12.6 Å². The van der Waals surface area contributed by atoms with E-state index in [0.717, 1.165) is 31.7 Å². The first-order chi connectivity index (χ1) is 9.22. The minimum Gasteiger partial charge on any atom is -0.390 e. The highest BCUT2D eigenvalue weighted by Crippen LogP contribution is 2.23. The van der Waals surface area contributed by atoms with Crippen molar-refractivity contribution >= 4 is 18.3 Å². The summed E-state index contributed by atoms with van der Waals surface area (Å²) < 4.78 is 0. The predicted octanol–water partition coefficient (Wildman–Crippen LogP) is 0.810. The third-order valence-electron chi connectivity index (χ3n) is 3.51. The molecule has 1 aliphatic heterocycles. The summed E-state index contributed by atoms with van der Waals surface area (Å²) in [5, 5.41) is 23.1. The van der Waals surface area contributed by atoms with E-state index in [1.165, 1.54) is 5.69 Å². The molecule has 2 rings (SSSR count). The molecule has 0 bridgehead atoms. The van der Waals surface area contributed by atoms with Crippen LogP contribution in [0.25, 0.3) is 0 Å². The molecule has 106 valence electrons. The maximum absolute atomic E-state index is 10.0. The predicted molar refractivity (Wildman–Crippen MR) is 81.0 cm³/mol. The number of nitrogens with zero attached hydrogens (tertiary/aromatic N) is 1. The third kappa shape index (κ3) is 3.86. The van der Waals surface area contributed by atoms with Crippen molar-refractivity contribution < 1.29 is 10.2 Å². The van der Waals surface area contributed by atoms with Gasteiger partial charge in [-0.05, 0) is 29.9 Å². The van der Waals surface area contributed by atoms with Crippen LogP contribution in [0.2, 0.25) is 0 Å². The zero-order chi connectivity index (χ0) is 13.7. The lowest BCUT2D eigenvalue weighted by Crippen LogP contribution is -2.43. The molecule has 4 nitrogen and oxygen atoms in total. The molecule has 1 aromatic rings. The molecule has 2 unspecified atom stereocenters. The van der Waals surface area contributed by atoms with Gasteiger partial charge >= 0.3 is 0 Å². The maximum Gasteiger partial charge on any atom is 0.105 e. The molecule has 0 aromatic heterocycles. The lowest BCUT2D eigenvalue weighted by Gasteiger charge is -2.29. The summed E-state index contributed by atoms with van der Waals surface area (Å²) in [7, 11) is 0. The Bertz CT molecular complexity index is 380. The number of piperazine rings is 1. The van der Waals surface area contributed by atoms with Crippen LogP contribution in [0.15, 0.2) is 24.3 Å². The van der Waals surface area contributed by atoms with Gasteiger partial charge in [-0.1, -0.05) is 12.1 Å². The standard InChI is InChI=1S/C14H22N2O2S/c17-13(5-10-19)14(18)11-1-3-12(4-2-11)16-8-6-15-7-9-16/h1-4,13-15,17-19H,5-10H2. The van der Waals surface area contributed by atoms with Gasteiger partial charge in [-0.2, -0.15) is 12.6 Å². The van der Waals surface area contributed by atoms with Gasteiger partial charge in [0.25, 0.3) is 0 Å². The molecule has 2 atom stereocenters.